The molecule has 0 aliphatic heterocycles. The number of ketones is 1. The lowest BCUT2D eigenvalue weighted by molar-refractivity contribution is -0.124. The first-order valence-electron chi connectivity index (χ1n) is 8.76. The fourth-order valence-corrected chi connectivity index (χ4v) is 3.14. The molecule has 25 heavy (non-hydrogen) atoms. The van der Waals surface area contributed by atoms with Crippen molar-refractivity contribution in [2.24, 2.45) is 5.92 Å². The highest BCUT2D eigenvalue weighted by Gasteiger charge is 2.24. The first-order valence-corrected chi connectivity index (χ1v) is 9.64. The summed E-state index contributed by atoms with van der Waals surface area (Å²) in [6.45, 7) is 9.12. The zero-order chi connectivity index (χ0) is 19.1. The van der Waals surface area contributed by atoms with Crippen LogP contribution in [0.3, 0.4) is 0 Å². The molecule has 6 nitrogen and oxygen atoms in total. The van der Waals surface area contributed by atoms with Crippen LogP contribution >= 0.6 is 11.3 Å². The van der Waals surface area contributed by atoms with Gasteiger partial charge in [-0.2, -0.15) is 0 Å². The summed E-state index contributed by atoms with van der Waals surface area (Å²) >= 11 is 1.62. The quantitative estimate of drug-likeness (QED) is 0.728. The molecule has 1 aromatic rings. The van der Waals surface area contributed by atoms with Gasteiger partial charge in [0.1, 0.15) is 0 Å². The van der Waals surface area contributed by atoms with Crippen LogP contribution in [0.15, 0.2) is 5.38 Å². The van der Waals surface area contributed by atoms with Crippen LogP contribution < -0.4 is 5.32 Å². The zero-order valence-corrected chi connectivity index (χ0v) is 17.3. The molecule has 0 bridgehead atoms. The lowest BCUT2D eigenvalue weighted by Gasteiger charge is -2.24. The minimum Gasteiger partial charge on any atom is -0.328 e. The van der Waals surface area contributed by atoms with Gasteiger partial charge in [0, 0.05) is 24.3 Å². The highest BCUT2D eigenvalue weighted by Crippen LogP contribution is 2.19. The Morgan fingerprint density at radius 2 is 1.84 bits per heavy atom. The molecule has 7 heteroatoms. The average molecular weight is 369 g/mol. The summed E-state index contributed by atoms with van der Waals surface area (Å²) in [7, 11) is 5.64. The second-order valence-electron chi connectivity index (χ2n) is 7.34. The van der Waals surface area contributed by atoms with E-state index in [4.69, 9.17) is 0 Å². The van der Waals surface area contributed by atoms with Crippen LogP contribution in [0.4, 0.5) is 4.79 Å². The molecule has 142 valence electrons. The van der Waals surface area contributed by atoms with Crippen molar-refractivity contribution in [2.75, 3.05) is 27.7 Å². The summed E-state index contributed by atoms with van der Waals surface area (Å²) in [6, 6.07) is -0.698. The summed E-state index contributed by atoms with van der Waals surface area (Å²) in [5.41, 5.74) is 0.881. The topological polar surface area (TPSA) is 65.5 Å². The van der Waals surface area contributed by atoms with Gasteiger partial charge < -0.3 is 15.1 Å². The number of urea groups is 1. The molecular formula is C18H32N4O2S. The van der Waals surface area contributed by atoms with Crippen LogP contribution in [-0.4, -0.2) is 60.3 Å². The van der Waals surface area contributed by atoms with E-state index in [0.717, 1.165) is 17.2 Å². The summed E-state index contributed by atoms with van der Waals surface area (Å²) in [5.74, 6) is 0.348. The molecule has 2 amide bonds. The number of rotatable bonds is 9. The molecule has 0 aliphatic rings. The fraction of sp³-hybridized carbons (Fsp3) is 0.722. The van der Waals surface area contributed by atoms with E-state index in [1.807, 2.05) is 38.2 Å². The number of hydrogen-bond acceptors (Lipinski definition) is 5. The SMILES string of the molecule is CC(C)C(=O)C(CCN(C)C)NC(=O)N(C)Cc1csc(C(C)C)n1. The Morgan fingerprint density at radius 3 is 2.32 bits per heavy atom. The van der Waals surface area contributed by atoms with Gasteiger partial charge in [-0.3, -0.25) is 4.79 Å². The highest BCUT2D eigenvalue weighted by molar-refractivity contribution is 7.09. The van der Waals surface area contributed by atoms with Gasteiger partial charge in [0.2, 0.25) is 0 Å². The van der Waals surface area contributed by atoms with Crippen LogP contribution in [0, 0.1) is 5.92 Å². The van der Waals surface area contributed by atoms with Crippen LogP contribution in [0.25, 0.3) is 0 Å². The number of thiazole rings is 1. The van der Waals surface area contributed by atoms with Crippen molar-refractivity contribution in [1.82, 2.24) is 20.1 Å². The number of nitrogens with one attached hydrogen (secondary N) is 1. The summed E-state index contributed by atoms with van der Waals surface area (Å²) in [6.07, 6.45) is 0.609. The van der Waals surface area contributed by atoms with Crippen molar-refractivity contribution in [1.29, 1.82) is 0 Å². The Bertz CT molecular complexity index is 569. The lowest BCUT2D eigenvalue weighted by Crippen LogP contribution is -2.48. The fourth-order valence-electron chi connectivity index (χ4n) is 2.31. The van der Waals surface area contributed by atoms with Crippen molar-refractivity contribution in [3.05, 3.63) is 16.1 Å². The van der Waals surface area contributed by atoms with Gasteiger partial charge in [-0.15, -0.1) is 11.3 Å². The third kappa shape index (κ3) is 7.12. The van der Waals surface area contributed by atoms with Gasteiger partial charge >= 0.3 is 6.03 Å². The second kappa shape index (κ2) is 9.87. The molecule has 0 saturated heterocycles. The standard InChI is InChI=1S/C18H32N4O2S/c1-12(2)16(23)15(8-9-21(5)6)20-18(24)22(7)10-14-11-25-17(19-14)13(3)4/h11-13,15H,8-10H2,1-7H3,(H,20,24). The normalized spacial score (nSPS) is 12.7. The number of hydrogen-bond donors (Lipinski definition) is 1. The van der Waals surface area contributed by atoms with E-state index in [1.165, 1.54) is 0 Å². The average Bonchev–Trinajstić information content (AvgIpc) is 2.98. The smallest absolute Gasteiger partial charge is 0.318 e. The Hall–Kier alpha value is -1.47. The highest BCUT2D eigenvalue weighted by atomic mass is 32.1. The van der Waals surface area contributed by atoms with Gasteiger partial charge in [-0.1, -0.05) is 27.7 Å². The van der Waals surface area contributed by atoms with Gasteiger partial charge in [0.25, 0.3) is 0 Å². The monoisotopic (exact) mass is 368 g/mol. The Labute approximate surface area is 155 Å². The Morgan fingerprint density at radius 1 is 1.20 bits per heavy atom. The molecule has 1 N–H and O–H groups in total. The van der Waals surface area contributed by atoms with Gasteiger partial charge in [-0.25, -0.2) is 9.78 Å². The Kier molecular flexibility index (Phi) is 8.52. The number of nitrogens with zero attached hydrogens (tertiary/aromatic N) is 3. The third-order valence-corrected chi connectivity index (χ3v) is 5.08. The maximum atomic E-state index is 12.5. The number of amides is 2. The number of carbonyl (C=O) groups is 2. The molecule has 0 radical (unpaired) electrons. The number of Topliss-reactive ketones (excluding diaryl/α,β-unsaturated/α-hetero) is 1. The summed E-state index contributed by atoms with van der Waals surface area (Å²) < 4.78 is 0. The van der Waals surface area contributed by atoms with Crippen LogP contribution in [-0.2, 0) is 11.3 Å². The van der Waals surface area contributed by atoms with E-state index in [1.54, 1.807) is 23.3 Å². The predicted octanol–water partition coefficient (Wildman–Crippen LogP) is 2.95. The molecule has 1 rings (SSSR count). The van der Waals surface area contributed by atoms with Crippen LogP contribution in [0.5, 0.6) is 0 Å². The minimum atomic E-state index is -0.459. The first kappa shape index (κ1) is 21.6. The molecule has 1 atom stereocenters. The van der Waals surface area contributed by atoms with Crippen molar-refractivity contribution < 1.29 is 9.59 Å². The summed E-state index contributed by atoms with van der Waals surface area (Å²) in [5, 5.41) is 5.95. The van der Waals surface area contributed by atoms with Crippen molar-refractivity contribution >= 4 is 23.2 Å². The third-order valence-electron chi connectivity index (χ3n) is 3.88. The maximum Gasteiger partial charge on any atom is 0.318 e. The van der Waals surface area contributed by atoms with Gasteiger partial charge in [0.05, 0.1) is 23.3 Å². The van der Waals surface area contributed by atoms with Crippen LogP contribution in [0.1, 0.15) is 50.7 Å². The van der Waals surface area contributed by atoms with E-state index >= 15 is 0 Å². The number of aromatic nitrogens is 1. The van der Waals surface area contributed by atoms with Gasteiger partial charge in [0.15, 0.2) is 5.78 Å². The molecule has 1 aromatic heterocycles. The molecule has 0 saturated carbocycles. The largest absolute Gasteiger partial charge is 0.328 e. The van der Waals surface area contributed by atoms with E-state index in [2.05, 4.69) is 24.1 Å². The molecule has 1 heterocycles. The van der Waals surface area contributed by atoms with E-state index < -0.39 is 6.04 Å². The predicted molar refractivity (Wildman–Crippen MR) is 103 cm³/mol. The first-order chi connectivity index (χ1) is 11.6. The zero-order valence-electron chi connectivity index (χ0n) is 16.5. The summed E-state index contributed by atoms with van der Waals surface area (Å²) in [4.78, 5) is 33.0. The van der Waals surface area contributed by atoms with Crippen molar-refractivity contribution in [2.45, 2.75) is 52.6 Å². The molecule has 0 aromatic carbocycles. The molecule has 0 aliphatic carbocycles. The molecule has 0 spiro atoms. The van der Waals surface area contributed by atoms with Crippen LogP contribution in [0.2, 0.25) is 0 Å². The number of carbonyl (C=O) groups excluding carboxylic acids is 2. The molecule has 1 unspecified atom stereocenters. The van der Waals surface area contributed by atoms with E-state index in [-0.39, 0.29) is 17.7 Å². The minimum absolute atomic E-state index is 0.0688. The van der Waals surface area contributed by atoms with E-state index in [9.17, 15) is 9.59 Å². The maximum absolute atomic E-state index is 12.5. The second-order valence-corrected chi connectivity index (χ2v) is 8.23. The Balaban J connectivity index is 2.68. The van der Waals surface area contributed by atoms with Crippen molar-refractivity contribution in [3.8, 4) is 0 Å². The van der Waals surface area contributed by atoms with Crippen molar-refractivity contribution in [3.63, 3.8) is 0 Å². The van der Waals surface area contributed by atoms with E-state index in [0.29, 0.717) is 18.9 Å². The van der Waals surface area contributed by atoms with Gasteiger partial charge in [-0.05, 0) is 27.1 Å². The molecule has 0 fully saturated rings. The molecular weight excluding hydrogens is 336 g/mol. The lowest BCUT2D eigenvalue weighted by atomic mass is 9.99.